The van der Waals surface area contributed by atoms with Crippen LogP contribution in [0.2, 0.25) is 0 Å². The molecule has 0 bridgehead atoms. The van der Waals surface area contributed by atoms with Crippen molar-refractivity contribution in [2.75, 3.05) is 0 Å². The van der Waals surface area contributed by atoms with Gasteiger partial charge >= 0.3 is 0 Å². The molecule has 0 unspecified atom stereocenters. The van der Waals surface area contributed by atoms with Gasteiger partial charge in [0.15, 0.2) is 6.10 Å². The number of ether oxygens (including phenoxy) is 1. The molecule has 4 heteroatoms. The lowest BCUT2D eigenvalue weighted by atomic mass is 10.1. The third kappa shape index (κ3) is 3.97. The number of halogens is 1. The van der Waals surface area contributed by atoms with Gasteiger partial charge in [-0.05, 0) is 43.0 Å². The zero-order valence-electron chi connectivity index (χ0n) is 14.2. The van der Waals surface area contributed by atoms with Crippen LogP contribution in [0.25, 0.3) is 10.8 Å². The van der Waals surface area contributed by atoms with Gasteiger partial charge < -0.3 is 10.1 Å². The second kappa shape index (κ2) is 7.34. The smallest absolute Gasteiger partial charge is 0.261 e. The monoisotopic (exact) mass is 337 g/mol. The van der Waals surface area contributed by atoms with Crippen molar-refractivity contribution in [1.82, 2.24) is 5.32 Å². The molecule has 0 heterocycles. The van der Waals surface area contributed by atoms with Crippen LogP contribution in [0.15, 0.2) is 66.7 Å². The molecule has 25 heavy (non-hydrogen) atoms. The van der Waals surface area contributed by atoms with Crippen molar-refractivity contribution in [3.05, 3.63) is 78.1 Å². The number of amides is 1. The first-order chi connectivity index (χ1) is 12.0. The molecule has 3 nitrogen and oxygen atoms in total. The van der Waals surface area contributed by atoms with E-state index in [0.29, 0.717) is 5.75 Å². The maximum absolute atomic E-state index is 13.0. The van der Waals surface area contributed by atoms with E-state index in [4.69, 9.17) is 4.74 Å². The number of hydrogen-bond donors (Lipinski definition) is 1. The van der Waals surface area contributed by atoms with Crippen molar-refractivity contribution in [3.8, 4) is 5.75 Å². The summed E-state index contributed by atoms with van der Waals surface area (Å²) in [6.07, 6.45) is -0.645. The minimum Gasteiger partial charge on any atom is -0.480 e. The number of nitrogens with one attached hydrogen (secondary N) is 1. The lowest BCUT2D eigenvalue weighted by Crippen LogP contribution is -2.37. The molecule has 0 aliphatic heterocycles. The summed E-state index contributed by atoms with van der Waals surface area (Å²) in [5.74, 6) is 0.162. The van der Waals surface area contributed by atoms with E-state index < -0.39 is 6.10 Å². The molecular formula is C21H20FNO2. The fraction of sp³-hybridized carbons (Fsp3) is 0.190. The van der Waals surface area contributed by atoms with Crippen molar-refractivity contribution in [3.63, 3.8) is 0 Å². The Hall–Kier alpha value is -2.88. The number of rotatable bonds is 5. The Kier molecular flexibility index (Phi) is 4.98. The molecular weight excluding hydrogens is 317 g/mol. The van der Waals surface area contributed by atoms with Crippen LogP contribution in [-0.4, -0.2) is 12.0 Å². The van der Waals surface area contributed by atoms with E-state index in [1.54, 1.807) is 19.1 Å². The van der Waals surface area contributed by atoms with Gasteiger partial charge in [0.25, 0.3) is 5.91 Å². The van der Waals surface area contributed by atoms with Crippen LogP contribution in [-0.2, 0) is 4.79 Å². The van der Waals surface area contributed by atoms with Gasteiger partial charge in [-0.1, -0.05) is 48.5 Å². The van der Waals surface area contributed by atoms with Gasteiger partial charge in [-0.2, -0.15) is 0 Å². The molecule has 0 saturated heterocycles. The minimum atomic E-state index is -0.645. The van der Waals surface area contributed by atoms with E-state index >= 15 is 0 Å². The largest absolute Gasteiger partial charge is 0.480 e. The molecule has 0 spiro atoms. The zero-order chi connectivity index (χ0) is 17.8. The molecule has 0 saturated carbocycles. The molecule has 1 N–H and O–H groups in total. The Morgan fingerprint density at radius 3 is 2.40 bits per heavy atom. The van der Waals surface area contributed by atoms with Crippen LogP contribution in [0.3, 0.4) is 0 Å². The van der Waals surface area contributed by atoms with E-state index in [1.165, 1.54) is 12.1 Å². The van der Waals surface area contributed by atoms with Crippen molar-refractivity contribution < 1.29 is 13.9 Å². The first-order valence-corrected chi connectivity index (χ1v) is 8.25. The summed E-state index contributed by atoms with van der Waals surface area (Å²) in [6, 6.07) is 19.5. The summed E-state index contributed by atoms with van der Waals surface area (Å²) in [7, 11) is 0. The van der Waals surface area contributed by atoms with E-state index in [-0.39, 0.29) is 17.8 Å². The Morgan fingerprint density at radius 1 is 0.960 bits per heavy atom. The van der Waals surface area contributed by atoms with Crippen LogP contribution in [0, 0.1) is 5.82 Å². The third-order valence-corrected chi connectivity index (χ3v) is 4.15. The summed E-state index contributed by atoms with van der Waals surface area (Å²) in [4.78, 5) is 12.4. The number of carbonyl (C=O) groups is 1. The molecule has 0 fully saturated rings. The van der Waals surface area contributed by atoms with E-state index in [0.717, 1.165) is 16.3 Å². The topological polar surface area (TPSA) is 38.3 Å². The Labute approximate surface area is 146 Å². The number of carbonyl (C=O) groups excluding carboxylic acids is 1. The maximum atomic E-state index is 13.0. The standard InChI is InChI=1S/C21H20FNO2/c1-14(16-10-12-18(22)13-11-16)23-21(24)15(2)25-20-9-5-7-17-6-3-4-8-19(17)20/h3-15H,1-2H3,(H,23,24)/t14-,15+/m1/s1. The third-order valence-electron chi connectivity index (χ3n) is 4.15. The lowest BCUT2D eigenvalue weighted by molar-refractivity contribution is -0.127. The van der Waals surface area contributed by atoms with Crippen LogP contribution in [0.4, 0.5) is 4.39 Å². The highest BCUT2D eigenvalue weighted by molar-refractivity contribution is 5.89. The molecule has 3 aromatic carbocycles. The highest BCUT2D eigenvalue weighted by atomic mass is 19.1. The Bertz CT molecular complexity index is 871. The summed E-state index contributed by atoms with van der Waals surface area (Å²) in [6.45, 7) is 3.57. The molecule has 3 rings (SSSR count). The average Bonchev–Trinajstić information content (AvgIpc) is 2.62. The van der Waals surface area contributed by atoms with Gasteiger partial charge in [0.05, 0.1) is 6.04 Å². The van der Waals surface area contributed by atoms with Gasteiger partial charge in [-0.15, -0.1) is 0 Å². The molecule has 2 atom stereocenters. The van der Waals surface area contributed by atoms with Crippen LogP contribution in [0.5, 0.6) is 5.75 Å². The van der Waals surface area contributed by atoms with Gasteiger partial charge in [-0.25, -0.2) is 4.39 Å². The molecule has 0 aliphatic carbocycles. The SMILES string of the molecule is C[C@H](Oc1cccc2ccccc12)C(=O)N[C@H](C)c1ccc(F)cc1. The van der Waals surface area contributed by atoms with Crippen molar-refractivity contribution in [2.24, 2.45) is 0 Å². The summed E-state index contributed by atoms with van der Waals surface area (Å²) in [5, 5.41) is 4.93. The van der Waals surface area contributed by atoms with Crippen molar-refractivity contribution in [2.45, 2.75) is 26.0 Å². The molecule has 0 radical (unpaired) electrons. The highest BCUT2D eigenvalue weighted by Gasteiger charge is 2.18. The average molecular weight is 337 g/mol. The molecule has 128 valence electrons. The Morgan fingerprint density at radius 2 is 1.64 bits per heavy atom. The normalized spacial score (nSPS) is 13.2. The van der Waals surface area contributed by atoms with Gasteiger partial charge in [0.1, 0.15) is 11.6 Å². The second-order valence-corrected chi connectivity index (χ2v) is 6.02. The first-order valence-electron chi connectivity index (χ1n) is 8.25. The van der Waals surface area contributed by atoms with Gasteiger partial charge in [0, 0.05) is 5.39 Å². The maximum Gasteiger partial charge on any atom is 0.261 e. The number of benzene rings is 3. The molecule has 1 amide bonds. The number of fused-ring (bicyclic) bond motifs is 1. The zero-order valence-corrected chi connectivity index (χ0v) is 14.2. The fourth-order valence-corrected chi connectivity index (χ4v) is 2.71. The summed E-state index contributed by atoms with van der Waals surface area (Å²) >= 11 is 0. The highest BCUT2D eigenvalue weighted by Crippen LogP contribution is 2.26. The first kappa shape index (κ1) is 17.0. The number of hydrogen-bond acceptors (Lipinski definition) is 2. The van der Waals surface area contributed by atoms with Crippen molar-refractivity contribution >= 4 is 16.7 Å². The fourth-order valence-electron chi connectivity index (χ4n) is 2.71. The van der Waals surface area contributed by atoms with Crippen LogP contribution < -0.4 is 10.1 Å². The van der Waals surface area contributed by atoms with E-state index in [2.05, 4.69) is 5.32 Å². The lowest BCUT2D eigenvalue weighted by Gasteiger charge is -2.19. The predicted octanol–water partition coefficient (Wildman–Crippen LogP) is 4.62. The second-order valence-electron chi connectivity index (χ2n) is 6.02. The predicted molar refractivity (Wildman–Crippen MR) is 97.0 cm³/mol. The minimum absolute atomic E-state index is 0.218. The summed E-state index contributed by atoms with van der Waals surface area (Å²) in [5.41, 5.74) is 0.840. The molecule has 0 aromatic heterocycles. The molecule has 0 aliphatic rings. The van der Waals surface area contributed by atoms with E-state index in [1.807, 2.05) is 49.4 Å². The quantitative estimate of drug-likeness (QED) is 0.737. The van der Waals surface area contributed by atoms with Crippen molar-refractivity contribution in [1.29, 1.82) is 0 Å². The van der Waals surface area contributed by atoms with Crippen LogP contribution in [0.1, 0.15) is 25.5 Å². The van der Waals surface area contributed by atoms with Gasteiger partial charge in [0.2, 0.25) is 0 Å². The van der Waals surface area contributed by atoms with Gasteiger partial charge in [-0.3, -0.25) is 4.79 Å². The summed E-state index contributed by atoms with van der Waals surface area (Å²) < 4.78 is 18.9. The van der Waals surface area contributed by atoms with Crippen LogP contribution >= 0.6 is 0 Å². The van der Waals surface area contributed by atoms with E-state index in [9.17, 15) is 9.18 Å². The molecule has 3 aromatic rings. The Balaban J connectivity index is 1.69.